The molecule has 1 aliphatic carbocycles. The Morgan fingerprint density at radius 2 is 1.68 bits per heavy atom. The maximum Gasteiger partial charge on any atom is 0.334 e. The lowest BCUT2D eigenvalue weighted by Gasteiger charge is -2.27. The number of rotatable bonds is 2. The summed E-state index contributed by atoms with van der Waals surface area (Å²) in [5.41, 5.74) is 2.12. The lowest BCUT2D eigenvalue weighted by molar-refractivity contribution is -0.149. The molecule has 0 amide bonds. The van der Waals surface area contributed by atoms with Crippen LogP contribution in [-0.4, -0.2) is 36.2 Å². The van der Waals surface area contributed by atoms with Gasteiger partial charge in [-0.05, 0) is 26.0 Å². The standard InChI is InChI=1S/C19H24O6/c1-10-6-15(23-13(4)20)7-11(2)9-17-18(12(3)19(22)25-17)16(8-10)24-14(5)21/h6,9,15-18H,3,7-8H2,1-2,4-5H3/b10-6+,11-9+/t15-,16+,17+,18+/m0/s1. The normalized spacial score (nSPS) is 33.9. The number of carbonyl (C=O) groups excluding carboxylic acids is 3. The zero-order valence-corrected chi connectivity index (χ0v) is 15.0. The van der Waals surface area contributed by atoms with Crippen LogP contribution >= 0.6 is 0 Å². The molecule has 1 heterocycles. The van der Waals surface area contributed by atoms with Gasteiger partial charge in [0.05, 0.1) is 5.92 Å². The summed E-state index contributed by atoms with van der Waals surface area (Å²) in [6.45, 7) is 10.3. The molecule has 0 spiro atoms. The van der Waals surface area contributed by atoms with Crippen LogP contribution in [0.25, 0.3) is 0 Å². The van der Waals surface area contributed by atoms with Crippen LogP contribution in [0.2, 0.25) is 0 Å². The van der Waals surface area contributed by atoms with Crippen molar-refractivity contribution in [2.75, 3.05) is 0 Å². The molecule has 2 rings (SSSR count). The third-order valence-electron chi connectivity index (χ3n) is 4.26. The van der Waals surface area contributed by atoms with Crippen LogP contribution in [0, 0.1) is 5.92 Å². The van der Waals surface area contributed by atoms with E-state index in [4.69, 9.17) is 14.2 Å². The minimum Gasteiger partial charge on any atom is -0.461 e. The van der Waals surface area contributed by atoms with Crippen LogP contribution in [0.4, 0.5) is 0 Å². The number of carbonyl (C=O) groups is 3. The van der Waals surface area contributed by atoms with Crippen molar-refractivity contribution in [3.63, 3.8) is 0 Å². The molecular formula is C19H24O6. The summed E-state index contributed by atoms with van der Waals surface area (Å²) in [7, 11) is 0. The largest absolute Gasteiger partial charge is 0.461 e. The van der Waals surface area contributed by atoms with Crippen molar-refractivity contribution in [1.29, 1.82) is 0 Å². The topological polar surface area (TPSA) is 78.9 Å². The Bertz CT molecular complexity index is 657. The van der Waals surface area contributed by atoms with Crippen LogP contribution in [0.1, 0.15) is 40.5 Å². The molecule has 6 nitrogen and oxygen atoms in total. The first-order valence-corrected chi connectivity index (χ1v) is 8.26. The molecule has 0 N–H and O–H groups in total. The second-order valence-corrected chi connectivity index (χ2v) is 6.65. The van der Waals surface area contributed by atoms with E-state index in [1.807, 2.05) is 26.0 Å². The van der Waals surface area contributed by atoms with E-state index in [0.29, 0.717) is 18.4 Å². The number of esters is 3. The molecule has 4 atom stereocenters. The molecule has 25 heavy (non-hydrogen) atoms. The molecular weight excluding hydrogens is 324 g/mol. The molecule has 0 radical (unpaired) electrons. The molecule has 0 aromatic rings. The Morgan fingerprint density at radius 1 is 1.08 bits per heavy atom. The predicted octanol–water partition coefficient (Wildman–Crippen LogP) is 2.63. The summed E-state index contributed by atoms with van der Waals surface area (Å²) in [6.07, 6.45) is 3.05. The molecule has 0 bridgehead atoms. The minimum atomic E-state index is -0.571. The molecule has 0 saturated carbocycles. The van der Waals surface area contributed by atoms with Crippen LogP contribution in [0.15, 0.2) is 35.5 Å². The van der Waals surface area contributed by atoms with Gasteiger partial charge in [0.25, 0.3) is 0 Å². The van der Waals surface area contributed by atoms with E-state index in [2.05, 4.69) is 6.58 Å². The fourth-order valence-corrected chi connectivity index (χ4v) is 3.35. The SMILES string of the molecule is C=C1C(=O)O[C@@H]2/C=C(\C)C[C@@H](OC(C)=O)/C=C(\C)C[C@@H](OC(C)=O)[C@@H]12. The number of hydrogen-bond acceptors (Lipinski definition) is 6. The van der Waals surface area contributed by atoms with Crippen molar-refractivity contribution < 1.29 is 28.6 Å². The molecule has 1 fully saturated rings. The van der Waals surface area contributed by atoms with Gasteiger partial charge < -0.3 is 14.2 Å². The Morgan fingerprint density at radius 3 is 2.28 bits per heavy atom. The highest BCUT2D eigenvalue weighted by Gasteiger charge is 2.44. The summed E-state index contributed by atoms with van der Waals surface area (Å²) in [6, 6.07) is 0. The zero-order chi connectivity index (χ0) is 18.7. The van der Waals surface area contributed by atoms with Gasteiger partial charge in [-0.3, -0.25) is 9.59 Å². The summed E-state index contributed by atoms with van der Waals surface area (Å²) in [4.78, 5) is 34.9. The Kier molecular flexibility index (Phi) is 5.82. The summed E-state index contributed by atoms with van der Waals surface area (Å²) < 4.78 is 16.2. The monoisotopic (exact) mass is 348 g/mol. The van der Waals surface area contributed by atoms with Crippen molar-refractivity contribution in [2.24, 2.45) is 5.92 Å². The van der Waals surface area contributed by atoms with Crippen LogP contribution in [-0.2, 0) is 28.6 Å². The fraction of sp³-hybridized carbons (Fsp3) is 0.526. The maximum atomic E-state index is 12.0. The lowest BCUT2D eigenvalue weighted by Crippen LogP contribution is -2.33. The average Bonchev–Trinajstić information content (AvgIpc) is 2.70. The maximum absolute atomic E-state index is 12.0. The van der Waals surface area contributed by atoms with Crippen molar-refractivity contribution >= 4 is 17.9 Å². The lowest BCUT2D eigenvalue weighted by atomic mass is 9.85. The Hall–Kier alpha value is -2.37. The highest BCUT2D eigenvalue weighted by Crippen LogP contribution is 2.36. The molecule has 1 saturated heterocycles. The van der Waals surface area contributed by atoms with Gasteiger partial charge in [0.2, 0.25) is 0 Å². The van der Waals surface area contributed by atoms with Gasteiger partial charge in [0.1, 0.15) is 18.3 Å². The van der Waals surface area contributed by atoms with Crippen molar-refractivity contribution in [2.45, 2.75) is 58.8 Å². The van der Waals surface area contributed by atoms with Gasteiger partial charge in [-0.1, -0.05) is 17.7 Å². The van der Waals surface area contributed by atoms with Gasteiger partial charge in [-0.25, -0.2) is 4.79 Å². The second-order valence-electron chi connectivity index (χ2n) is 6.65. The van der Waals surface area contributed by atoms with E-state index in [0.717, 1.165) is 11.1 Å². The Labute approximate surface area is 147 Å². The fourth-order valence-electron chi connectivity index (χ4n) is 3.35. The predicted molar refractivity (Wildman–Crippen MR) is 90.4 cm³/mol. The highest BCUT2D eigenvalue weighted by molar-refractivity contribution is 5.91. The van der Waals surface area contributed by atoms with Crippen LogP contribution < -0.4 is 0 Å². The molecule has 136 valence electrons. The van der Waals surface area contributed by atoms with Gasteiger partial charge in [0.15, 0.2) is 0 Å². The number of ether oxygens (including phenoxy) is 3. The zero-order valence-electron chi connectivity index (χ0n) is 15.0. The summed E-state index contributed by atoms with van der Waals surface area (Å²) >= 11 is 0. The first-order valence-electron chi connectivity index (χ1n) is 8.26. The molecule has 2 aliphatic rings. The van der Waals surface area contributed by atoms with Crippen molar-refractivity contribution in [3.05, 3.63) is 35.5 Å². The summed E-state index contributed by atoms with van der Waals surface area (Å²) in [5, 5.41) is 0. The smallest absolute Gasteiger partial charge is 0.334 e. The molecule has 0 aromatic heterocycles. The van der Waals surface area contributed by atoms with Crippen LogP contribution in [0.3, 0.4) is 0 Å². The van der Waals surface area contributed by atoms with E-state index in [1.165, 1.54) is 13.8 Å². The molecule has 6 heteroatoms. The molecule has 0 aromatic carbocycles. The quantitative estimate of drug-likeness (QED) is 0.330. The third kappa shape index (κ3) is 4.81. The van der Waals surface area contributed by atoms with E-state index in [-0.39, 0.29) is 5.97 Å². The number of fused-ring (bicyclic) bond motifs is 1. The van der Waals surface area contributed by atoms with Gasteiger partial charge in [0, 0.05) is 32.3 Å². The van der Waals surface area contributed by atoms with Crippen molar-refractivity contribution in [1.82, 2.24) is 0 Å². The molecule has 0 unspecified atom stereocenters. The summed E-state index contributed by atoms with van der Waals surface area (Å²) in [5.74, 6) is -1.71. The van der Waals surface area contributed by atoms with E-state index < -0.39 is 36.2 Å². The molecule has 1 aliphatic heterocycles. The van der Waals surface area contributed by atoms with E-state index in [1.54, 1.807) is 0 Å². The van der Waals surface area contributed by atoms with Crippen LogP contribution in [0.5, 0.6) is 0 Å². The van der Waals surface area contributed by atoms with Gasteiger partial charge in [-0.15, -0.1) is 0 Å². The van der Waals surface area contributed by atoms with Gasteiger partial charge >= 0.3 is 17.9 Å². The average molecular weight is 348 g/mol. The minimum absolute atomic E-state index is 0.310. The van der Waals surface area contributed by atoms with E-state index in [9.17, 15) is 14.4 Å². The highest BCUT2D eigenvalue weighted by atomic mass is 16.6. The Balaban J connectivity index is 2.42. The first-order chi connectivity index (χ1) is 11.7. The van der Waals surface area contributed by atoms with Gasteiger partial charge in [-0.2, -0.15) is 0 Å². The number of hydrogen-bond donors (Lipinski definition) is 0. The van der Waals surface area contributed by atoms with Crippen molar-refractivity contribution in [3.8, 4) is 0 Å². The first kappa shape index (κ1) is 19.0. The third-order valence-corrected chi connectivity index (χ3v) is 4.26. The second kappa shape index (κ2) is 7.68. The van der Waals surface area contributed by atoms with E-state index >= 15 is 0 Å².